The van der Waals surface area contributed by atoms with Gasteiger partial charge in [-0.2, -0.15) is 0 Å². The van der Waals surface area contributed by atoms with E-state index in [9.17, 15) is 9.90 Å². The van der Waals surface area contributed by atoms with Gasteiger partial charge in [-0.05, 0) is 12.5 Å². The largest absolute Gasteiger partial charge is 0.480 e. The van der Waals surface area contributed by atoms with E-state index in [0.29, 0.717) is 19.6 Å². The Kier molecular flexibility index (Phi) is 5.12. The fourth-order valence-electron chi connectivity index (χ4n) is 1.65. The molecule has 1 aromatic rings. The Hall–Kier alpha value is -1.39. The zero-order valence-corrected chi connectivity index (χ0v) is 10.3. The summed E-state index contributed by atoms with van der Waals surface area (Å²) in [5.41, 5.74) is 0.0437. The van der Waals surface area contributed by atoms with Gasteiger partial charge in [0.25, 0.3) is 0 Å². The average molecular weight is 237 g/mol. The predicted octanol–water partition coefficient (Wildman–Crippen LogP) is 1.31. The number of methoxy groups -OCH3 is 1. The summed E-state index contributed by atoms with van der Waals surface area (Å²) < 4.78 is 4.91. The summed E-state index contributed by atoms with van der Waals surface area (Å²) in [5.74, 6) is -0.850. The molecule has 0 aromatic heterocycles. The van der Waals surface area contributed by atoms with Gasteiger partial charge in [0.05, 0.1) is 6.61 Å². The molecule has 1 rings (SSSR count). The standard InChI is InChI=1S/C13H19NO3/c1-13(12(15)16,14-8-9-17-2)10-11-6-4-3-5-7-11/h3-7,14H,8-10H2,1-2H3,(H,15,16). The molecular formula is C13H19NO3. The molecule has 4 heteroatoms. The summed E-state index contributed by atoms with van der Waals surface area (Å²) in [4.78, 5) is 11.3. The van der Waals surface area contributed by atoms with Crippen LogP contribution in [0.25, 0.3) is 0 Å². The normalized spacial score (nSPS) is 14.2. The van der Waals surface area contributed by atoms with E-state index in [1.165, 1.54) is 0 Å². The molecule has 0 saturated carbocycles. The summed E-state index contributed by atoms with van der Waals surface area (Å²) in [7, 11) is 1.59. The van der Waals surface area contributed by atoms with E-state index in [1.807, 2.05) is 30.3 Å². The second-order valence-electron chi connectivity index (χ2n) is 4.22. The van der Waals surface area contributed by atoms with Gasteiger partial charge >= 0.3 is 5.97 Å². The second-order valence-corrected chi connectivity index (χ2v) is 4.22. The third-order valence-electron chi connectivity index (χ3n) is 2.69. The first-order valence-corrected chi connectivity index (χ1v) is 5.60. The Balaban J connectivity index is 2.68. The van der Waals surface area contributed by atoms with Gasteiger partial charge in [0.2, 0.25) is 0 Å². The number of rotatable bonds is 7. The SMILES string of the molecule is COCCNC(C)(Cc1ccccc1)C(=O)O. The lowest BCUT2D eigenvalue weighted by Gasteiger charge is -2.26. The van der Waals surface area contributed by atoms with E-state index in [-0.39, 0.29) is 0 Å². The molecule has 0 saturated heterocycles. The van der Waals surface area contributed by atoms with Crippen LogP contribution >= 0.6 is 0 Å². The molecule has 1 atom stereocenters. The summed E-state index contributed by atoms with van der Waals surface area (Å²) in [5, 5.41) is 12.3. The van der Waals surface area contributed by atoms with Crippen LogP contribution in [0.15, 0.2) is 30.3 Å². The van der Waals surface area contributed by atoms with Crippen LogP contribution in [0.3, 0.4) is 0 Å². The lowest BCUT2D eigenvalue weighted by Crippen LogP contribution is -2.52. The number of hydrogen-bond acceptors (Lipinski definition) is 3. The number of ether oxygens (including phenoxy) is 1. The third-order valence-corrected chi connectivity index (χ3v) is 2.69. The molecule has 0 heterocycles. The Morgan fingerprint density at radius 1 is 1.41 bits per heavy atom. The Morgan fingerprint density at radius 2 is 2.06 bits per heavy atom. The molecule has 0 fully saturated rings. The fraction of sp³-hybridized carbons (Fsp3) is 0.462. The van der Waals surface area contributed by atoms with Gasteiger partial charge in [0, 0.05) is 20.1 Å². The maximum absolute atomic E-state index is 11.3. The van der Waals surface area contributed by atoms with Crippen LogP contribution in [-0.4, -0.2) is 36.9 Å². The average Bonchev–Trinajstić information content (AvgIpc) is 2.30. The van der Waals surface area contributed by atoms with E-state index in [0.717, 1.165) is 5.56 Å². The maximum Gasteiger partial charge on any atom is 0.323 e. The van der Waals surface area contributed by atoms with E-state index in [1.54, 1.807) is 14.0 Å². The van der Waals surface area contributed by atoms with E-state index in [4.69, 9.17) is 4.74 Å². The van der Waals surface area contributed by atoms with Gasteiger partial charge in [-0.1, -0.05) is 30.3 Å². The molecule has 0 aliphatic heterocycles. The van der Waals surface area contributed by atoms with Crippen molar-refractivity contribution in [3.05, 3.63) is 35.9 Å². The van der Waals surface area contributed by atoms with Crippen molar-refractivity contribution in [3.8, 4) is 0 Å². The summed E-state index contributed by atoms with van der Waals surface area (Å²) >= 11 is 0. The molecular weight excluding hydrogens is 218 g/mol. The van der Waals surface area contributed by atoms with Crippen molar-refractivity contribution in [2.75, 3.05) is 20.3 Å². The summed E-state index contributed by atoms with van der Waals surface area (Å²) in [6, 6.07) is 9.60. The van der Waals surface area contributed by atoms with E-state index < -0.39 is 11.5 Å². The molecule has 0 spiro atoms. The third kappa shape index (κ3) is 4.17. The first kappa shape index (κ1) is 13.7. The molecule has 1 aromatic carbocycles. The first-order chi connectivity index (χ1) is 8.08. The molecule has 94 valence electrons. The molecule has 0 aliphatic carbocycles. The highest BCUT2D eigenvalue weighted by Crippen LogP contribution is 2.13. The zero-order valence-electron chi connectivity index (χ0n) is 10.3. The Bertz CT molecular complexity index is 353. The number of carboxylic acid groups (broad SMARTS) is 1. The second kappa shape index (κ2) is 6.37. The molecule has 2 N–H and O–H groups in total. The lowest BCUT2D eigenvalue weighted by molar-refractivity contribution is -0.144. The van der Waals surface area contributed by atoms with Crippen molar-refractivity contribution < 1.29 is 14.6 Å². The number of carboxylic acids is 1. The van der Waals surface area contributed by atoms with Crippen molar-refractivity contribution in [3.63, 3.8) is 0 Å². The smallest absolute Gasteiger partial charge is 0.323 e. The number of aliphatic carboxylic acids is 1. The number of carbonyl (C=O) groups is 1. The molecule has 17 heavy (non-hydrogen) atoms. The van der Waals surface area contributed by atoms with Crippen LogP contribution in [-0.2, 0) is 16.0 Å². The van der Waals surface area contributed by atoms with E-state index >= 15 is 0 Å². The van der Waals surface area contributed by atoms with Crippen LogP contribution in [0.4, 0.5) is 0 Å². The summed E-state index contributed by atoms with van der Waals surface area (Å²) in [6.07, 6.45) is 0.451. The highest BCUT2D eigenvalue weighted by molar-refractivity contribution is 5.78. The Labute approximate surface area is 102 Å². The Morgan fingerprint density at radius 3 is 2.59 bits per heavy atom. The molecule has 0 amide bonds. The molecule has 4 nitrogen and oxygen atoms in total. The van der Waals surface area contributed by atoms with Crippen molar-refractivity contribution in [2.45, 2.75) is 18.9 Å². The minimum Gasteiger partial charge on any atom is -0.480 e. The van der Waals surface area contributed by atoms with Crippen LogP contribution in [0, 0.1) is 0 Å². The van der Waals surface area contributed by atoms with Crippen molar-refractivity contribution >= 4 is 5.97 Å². The van der Waals surface area contributed by atoms with Gasteiger partial charge in [-0.3, -0.25) is 10.1 Å². The van der Waals surface area contributed by atoms with Gasteiger partial charge in [0.1, 0.15) is 5.54 Å². The monoisotopic (exact) mass is 237 g/mol. The van der Waals surface area contributed by atoms with Crippen molar-refractivity contribution in [1.29, 1.82) is 0 Å². The molecule has 0 radical (unpaired) electrons. The van der Waals surface area contributed by atoms with Gasteiger partial charge in [-0.15, -0.1) is 0 Å². The minimum absolute atomic E-state index is 0.451. The number of hydrogen-bond donors (Lipinski definition) is 2. The first-order valence-electron chi connectivity index (χ1n) is 5.60. The highest BCUT2D eigenvalue weighted by atomic mass is 16.5. The van der Waals surface area contributed by atoms with E-state index in [2.05, 4.69) is 5.32 Å². The lowest BCUT2D eigenvalue weighted by atomic mass is 9.93. The van der Waals surface area contributed by atoms with Crippen LogP contribution in [0.5, 0.6) is 0 Å². The highest BCUT2D eigenvalue weighted by Gasteiger charge is 2.32. The quantitative estimate of drug-likeness (QED) is 0.702. The molecule has 1 unspecified atom stereocenters. The summed E-state index contributed by atoms with van der Waals surface area (Å²) in [6.45, 7) is 2.71. The van der Waals surface area contributed by atoms with Crippen LogP contribution < -0.4 is 5.32 Å². The maximum atomic E-state index is 11.3. The van der Waals surface area contributed by atoms with Crippen LogP contribution in [0.1, 0.15) is 12.5 Å². The van der Waals surface area contributed by atoms with Crippen molar-refractivity contribution in [1.82, 2.24) is 5.32 Å². The molecule has 0 bridgehead atoms. The number of benzene rings is 1. The topological polar surface area (TPSA) is 58.6 Å². The molecule has 0 aliphatic rings. The minimum atomic E-state index is -0.958. The van der Waals surface area contributed by atoms with Crippen molar-refractivity contribution in [2.24, 2.45) is 0 Å². The zero-order chi connectivity index (χ0) is 12.7. The fourth-order valence-corrected chi connectivity index (χ4v) is 1.65. The predicted molar refractivity (Wildman–Crippen MR) is 66.1 cm³/mol. The number of nitrogens with one attached hydrogen (secondary N) is 1. The van der Waals surface area contributed by atoms with Gasteiger partial charge < -0.3 is 9.84 Å². The van der Waals surface area contributed by atoms with Crippen LogP contribution in [0.2, 0.25) is 0 Å². The van der Waals surface area contributed by atoms with Gasteiger partial charge in [-0.25, -0.2) is 0 Å². The van der Waals surface area contributed by atoms with Gasteiger partial charge in [0.15, 0.2) is 0 Å².